The Balaban J connectivity index is 1.96. The highest BCUT2D eigenvalue weighted by Gasteiger charge is 2.26. The van der Waals surface area contributed by atoms with Crippen LogP contribution in [0.2, 0.25) is 0 Å². The van der Waals surface area contributed by atoms with Gasteiger partial charge in [0.2, 0.25) is 0 Å². The van der Waals surface area contributed by atoms with E-state index in [0.717, 1.165) is 38.0 Å². The van der Waals surface area contributed by atoms with E-state index in [1.54, 1.807) is 0 Å². The minimum atomic E-state index is 0.770. The maximum Gasteiger partial charge on any atom is 0.0236 e. The summed E-state index contributed by atoms with van der Waals surface area (Å²) >= 11 is 0. The molecule has 1 saturated carbocycles. The zero-order valence-corrected chi connectivity index (χ0v) is 11.5. The fourth-order valence-corrected chi connectivity index (χ4v) is 3.01. The maximum atomic E-state index is 5.67. The second-order valence-corrected chi connectivity index (χ2v) is 5.67. The molecule has 2 N–H and O–H groups in total. The van der Waals surface area contributed by atoms with Gasteiger partial charge >= 0.3 is 0 Å². The number of benzene rings is 1. The van der Waals surface area contributed by atoms with Crippen LogP contribution in [-0.4, -0.2) is 24.0 Å². The second-order valence-electron chi connectivity index (χ2n) is 5.67. The first-order chi connectivity index (χ1) is 8.79. The van der Waals surface area contributed by atoms with E-state index >= 15 is 0 Å². The van der Waals surface area contributed by atoms with E-state index in [2.05, 4.69) is 42.2 Å². The monoisotopic (exact) mass is 246 g/mol. The second kappa shape index (κ2) is 6.91. The summed E-state index contributed by atoms with van der Waals surface area (Å²) in [7, 11) is 0. The van der Waals surface area contributed by atoms with E-state index in [-0.39, 0.29) is 0 Å². The van der Waals surface area contributed by atoms with Gasteiger partial charge in [-0.05, 0) is 50.3 Å². The standard InChI is InChI=1S/C16H26N2/c1-14-8-9-16(12-14)18(11-5-10-17)13-15-6-3-2-4-7-15/h2-4,6-7,14,16H,5,8-13,17H2,1H3. The van der Waals surface area contributed by atoms with Gasteiger partial charge in [-0.1, -0.05) is 37.3 Å². The van der Waals surface area contributed by atoms with Crippen LogP contribution in [0.15, 0.2) is 30.3 Å². The predicted octanol–water partition coefficient (Wildman–Crippen LogP) is 3.03. The van der Waals surface area contributed by atoms with Crippen molar-refractivity contribution in [1.29, 1.82) is 0 Å². The Kier molecular flexibility index (Phi) is 5.21. The van der Waals surface area contributed by atoms with Gasteiger partial charge in [0.15, 0.2) is 0 Å². The average molecular weight is 246 g/mol. The molecule has 0 bridgehead atoms. The van der Waals surface area contributed by atoms with Gasteiger partial charge in [0.25, 0.3) is 0 Å². The molecular weight excluding hydrogens is 220 g/mol. The van der Waals surface area contributed by atoms with Crippen molar-refractivity contribution in [2.45, 2.75) is 45.2 Å². The van der Waals surface area contributed by atoms with Crippen molar-refractivity contribution in [3.8, 4) is 0 Å². The van der Waals surface area contributed by atoms with Crippen LogP contribution in [0.3, 0.4) is 0 Å². The van der Waals surface area contributed by atoms with E-state index in [1.807, 2.05) is 0 Å². The van der Waals surface area contributed by atoms with E-state index < -0.39 is 0 Å². The fraction of sp³-hybridized carbons (Fsp3) is 0.625. The smallest absolute Gasteiger partial charge is 0.0236 e. The number of rotatable bonds is 6. The summed E-state index contributed by atoms with van der Waals surface area (Å²) in [6.07, 6.45) is 5.21. The number of nitrogens with two attached hydrogens (primary N) is 1. The van der Waals surface area contributed by atoms with Crippen molar-refractivity contribution in [3.63, 3.8) is 0 Å². The third-order valence-corrected chi connectivity index (χ3v) is 4.06. The lowest BCUT2D eigenvalue weighted by atomic mass is 10.1. The van der Waals surface area contributed by atoms with Crippen molar-refractivity contribution in [2.75, 3.05) is 13.1 Å². The van der Waals surface area contributed by atoms with Crippen LogP contribution in [0.25, 0.3) is 0 Å². The number of hydrogen-bond donors (Lipinski definition) is 1. The van der Waals surface area contributed by atoms with Crippen LogP contribution < -0.4 is 5.73 Å². The highest BCUT2D eigenvalue weighted by atomic mass is 15.2. The largest absolute Gasteiger partial charge is 0.330 e. The molecule has 100 valence electrons. The molecule has 1 aromatic rings. The molecule has 2 unspecified atom stereocenters. The minimum absolute atomic E-state index is 0.770. The van der Waals surface area contributed by atoms with Crippen LogP contribution in [0, 0.1) is 5.92 Å². The molecule has 0 saturated heterocycles. The molecule has 2 heteroatoms. The van der Waals surface area contributed by atoms with Gasteiger partial charge < -0.3 is 5.73 Å². The van der Waals surface area contributed by atoms with Crippen molar-refractivity contribution >= 4 is 0 Å². The molecule has 1 aliphatic carbocycles. The molecule has 0 amide bonds. The van der Waals surface area contributed by atoms with E-state index in [1.165, 1.54) is 24.8 Å². The first-order valence-corrected chi connectivity index (χ1v) is 7.27. The molecule has 2 nitrogen and oxygen atoms in total. The normalized spacial score (nSPS) is 23.7. The lowest BCUT2D eigenvalue weighted by Crippen LogP contribution is -2.34. The Morgan fingerprint density at radius 2 is 2.00 bits per heavy atom. The third-order valence-electron chi connectivity index (χ3n) is 4.06. The van der Waals surface area contributed by atoms with Crippen molar-refractivity contribution in [2.24, 2.45) is 11.7 Å². The highest BCUT2D eigenvalue weighted by molar-refractivity contribution is 5.14. The minimum Gasteiger partial charge on any atom is -0.330 e. The Bertz CT molecular complexity index is 336. The lowest BCUT2D eigenvalue weighted by molar-refractivity contribution is 0.185. The number of nitrogens with zero attached hydrogens (tertiary/aromatic N) is 1. The molecule has 1 fully saturated rings. The van der Waals surface area contributed by atoms with Crippen molar-refractivity contribution < 1.29 is 0 Å². The van der Waals surface area contributed by atoms with Gasteiger partial charge in [0.05, 0.1) is 0 Å². The quantitative estimate of drug-likeness (QED) is 0.836. The molecule has 0 heterocycles. The van der Waals surface area contributed by atoms with Gasteiger partial charge in [0.1, 0.15) is 0 Å². The molecule has 0 spiro atoms. The van der Waals surface area contributed by atoms with Gasteiger partial charge in [-0.25, -0.2) is 0 Å². The SMILES string of the molecule is CC1CCC(N(CCCN)Cc2ccccc2)C1. The molecule has 0 aromatic heterocycles. The highest BCUT2D eigenvalue weighted by Crippen LogP contribution is 2.29. The van der Waals surface area contributed by atoms with Crippen LogP contribution in [0.4, 0.5) is 0 Å². The van der Waals surface area contributed by atoms with Gasteiger partial charge in [-0.15, -0.1) is 0 Å². The molecule has 18 heavy (non-hydrogen) atoms. The topological polar surface area (TPSA) is 29.3 Å². The average Bonchev–Trinajstić information content (AvgIpc) is 2.82. The predicted molar refractivity (Wildman–Crippen MR) is 77.3 cm³/mol. The summed E-state index contributed by atoms with van der Waals surface area (Å²) in [5, 5.41) is 0. The summed E-state index contributed by atoms with van der Waals surface area (Å²) in [5.74, 6) is 0.895. The molecular formula is C16H26N2. The van der Waals surface area contributed by atoms with Gasteiger partial charge in [-0.2, -0.15) is 0 Å². The molecule has 0 radical (unpaired) electrons. The summed E-state index contributed by atoms with van der Waals surface area (Å²) in [6.45, 7) is 5.40. The summed E-state index contributed by atoms with van der Waals surface area (Å²) in [6, 6.07) is 11.6. The molecule has 2 rings (SSSR count). The van der Waals surface area contributed by atoms with E-state index in [9.17, 15) is 0 Å². The Morgan fingerprint density at radius 1 is 1.22 bits per heavy atom. The van der Waals surface area contributed by atoms with Gasteiger partial charge in [-0.3, -0.25) is 4.90 Å². The summed E-state index contributed by atoms with van der Waals surface area (Å²) in [5.41, 5.74) is 7.09. The molecule has 1 aliphatic rings. The van der Waals surface area contributed by atoms with Crippen molar-refractivity contribution in [3.05, 3.63) is 35.9 Å². The number of hydrogen-bond acceptors (Lipinski definition) is 2. The summed E-state index contributed by atoms with van der Waals surface area (Å²) < 4.78 is 0. The molecule has 0 aliphatic heterocycles. The van der Waals surface area contributed by atoms with E-state index in [4.69, 9.17) is 5.73 Å². The van der Waals surface area contributed by atoms with Gasteiger partial charge in [0, 0.05) is 12.6 Å². The lowest BCUT2D eigenvalue weighted by Gasteiger charge is -2.29. The fourth-order valence-electron chi connectivity index (χ4n) is 3.01. The third kappa shape index (κ3) is 3.82. The Hall–Kier alpha value is -0.860. The van der Waals surface area contributed by atoms with E-state index in [0.29, 0.717) is 0 Å². The van der Waals surface area contributed by atoms with Crippen LogP contribution in [0.5, 0.6) is 0 Å². The first kappa shape index (κ1) is 13.6. The summed E-state index contributed by atoms with van der Waals surface area (Å²) in [4.78, 5) is 2.64. The zero-order chi connectivity index (χ0) is 12.8. The molecule has 1 aromatic carbocycles. The Morgan fingerprint density at radius 3 is 2.61 bits per heavy atom. The Labute approximate surface area is 111 Å². The van der Waals surface area contributed by atoms with Crippen LogP contribution in [0.1, 0.15) is 38.2 Å². The first-order valence-electron chi connectivity index (χ1n) is 7.27. The van der Waals surface area contributed by atoms with Crippen molar-refractivity contribution in [1.82, 2.24) is 4.90 Å². The zero-order valence-electron chi connectivity index (χ0n) is 11.5. The molecule has 2 atom stereocenters. The van der Waals surface area contributed by atoms with Crippen LogP contribution in [-0.2, 0) is 6.54 Å². The maximum absolute atomic E-state index is 5.67. The van der Waals surface area contributed by atoms with Crippen LogP contribution >= 0.6 is 0 Å².